The number of rotatable bonds is 3. The maximum atomic E-state index is 12.8. The number of hydrogen-bond donors (Lipinski definition) is 0. The van der Waals surface area contributed by atoms with Crippen molar-refractivity contribution in [3.05, 3.63) is 54.1 Å². The minimum Gasteiger partial charge on any atom is -0.486 e. The molecule has 0 atom stereocenters. The first kappa shape index (κ1) is 17.8. The summed E-state index contributed by atoms with van der Waals surface area (Å²) in [7, 11) is -3.53. The van der Waals surface area contributed by atoms with E-state index in [1.54, 1.807) is 53.4 Å². The third kappa shape index (κ3) is 3.50. The largest absolute Gasteiger partial charge is 0.486 e. The molecule has 0 aromatic heterocycles. The monoisotopic (exact) mass is 388 g/mol. The lowest BCUT2D eigenvalue weighted by atomic mass is 10.1. The molecule has 1 saturated heterocycles. The number of sulfonamides is 1. The van der Waals surface area contributed by atoms with E-state index in [-0.39, 0.29) is 23.9 Å². The van der Waals surface area contributed by atoms with Crippen LogP contribution in [0.25, 0.3) is 0 Å². The van der Waals surface area contributed by atoms with Crippen LogP contribution in [-0.4, -0.2) is 62.9 Å². The van der Waals surface area contributed by atoms with E-state index in [1.807, 2.05) is 0 Å². The van der Waals surface area contributed by atoms with Crippen molar-refractivity contribution in [2.24, 2.45) is 0 Å². The van der Waals surface area contributed by atoms with E-state index >= 15 is 0 Å². The van der Waals surface area contributed by atoms with Gasteiger partial charge in [-0.3, -0.25) is 4.79 Å². The van der Waals surface area contributed by atoms with Crippen molar-refractivity contribution >= 4 is 15.9 Å². The highest BCUT2D eigenvalue weighted by Gasteiger charge is 2.30. The number of amides is 1. The van der Waals surface area contributed by atoms with Crippen LogP contribution >= 0.6 is 0 Å². The van der Waals surface area contributed by atoms with Gasteiger partial charge in [-0.2, -0.15) is 4.31 Å². The first-order valence-electron chi connectivity index (χ1n) is 8.80. The molecule has 2 aliphatic heterocycles. The normalized spacial score (nSPS) is 17.6. The predicted molar refractivity (Wildman–Crippen MR) is 98.5 cm³/mol. The lowest BCUT2D eigenvalue weighted by Gasteiger charge is -2.34. The lowest BCUT2D eigenvalue weighted by Crippen LogP contribution is -2.50. The van der Waals surface area contributed by atoms with E-state index < -0.39 is 10.0 Å². The smallest absolute Gasteiger partial charge is 0.254 e. The number of carbonyl (C=O) groups excluding carboxylic acids is 1. The van der Waals surface area contributed by atoms with Crippen molar-refractivity contribution in [2.75, 3.05) is 39.4 Å². The van der Waals surface area contributed by atoms with E-state index in [2.05, 4.69) is 0 Å². The van der Waals surface area contributed by atoms with E-state index in [1.165, 1.54) is 4.31 Å². The number of nitrogens with zero attached hydrogens (tertiary/aromatic N) is 2. The minimum absolute atomic E-state index is 0.135. The third-order valence-corrected chi connectivity index (χ3v) is 6.61. The van der Waals surface area contributed by atoms with Crippen LogP contribution in [0.1, 0.15) is 10.4 Å². The average Bonchev–Trinajstić information content (AvgIpc) is 2.73. The number of carbonyl (C=O) groups is 1. The summed E-state index contributed by atoms with van der Waals surface area (Å²) < 4.78 is 37.8. The molecular weight excluding hydrogens is 368 g/mol. The molecule has 2 heterocycles. The Morgan fingerprint density at radius 1 is 0.852 bits per heavy atom. The molecule has 8 heteroatoms. The molecule has 0 radical (unpaired) electrons. The topological polar surface area (TPSA) is 76.2 Å². The highest BCUT2D eigenvalue weighted by Crippen LogP contribution is 2.31. The zero-order chi connectivity index (χ0) is 18.9. The van der Waals surface area contributed by atoms with Gasteiger partial charge in [-0.25, -0.2) is 8.42 Å². The van der Waals surface area contributed by atoms with Crippen LogP contribution in [0, 0.1) is 0 Å². The van der Waals surface area contributed by atoms with Gasteiger partial charge in [0.1, 0.15) is 13.2 Å². The summed E-state index contributed by atoms with van der Waals surface area (Å²) in [4.78, 5) is 14.7. The van der Waals surface area contributed by atoms with Gasteiger partial charge < -0.3 is 14.4 Å². The molecule has 0 bridgehead atoms. The summed E-state index contributed by atoms with van der Waals surface area (Å²) >= 11 is 0. The van der Waals surface area contributed by atoms with Gasteiger partial charge in [-0.05, 0) is 30.3 Å². The van der Waals surface area contributed by atoms with Crippen LogP contribution in [0.15, 0.2) is 53.4 Å². The molecule has 1 amide bonds. The number of ether oxygens (including phenoxy) is 2. The lowest BCUT2D eigenvalue weighted by molar-refractivity contribution is 0.0697. The molecule has 1 fully saturated rings. The molecule has 4 rings (SSSR count). The van der Waals surface area contributed by atoms with Crippen molar-refractivity contribution in [1.29, 1.82) is 0 Å². The summed E-state index contributed by atoms with van der Waals surface area (Å²) in [5, 5.41) is 0. The summed E-state index contributed by atoms with van der Waals surface area (Å²) in [5.74, 6) is 1.07. The maximum Gasteiger partial charge on any atom is 0.254 e. The Kier molecular flexibility index (Phi) is 4.75. The van der Waals surface area contributed by atoms with Crippen molar-refractivity contribution in [1.82, 2.24) is 9.21 Å². The SMILES string of the molecule is O=C(c1ccc2c(c1)OCCO2)N1CCN(S(=O)(=O)c2ccccc2)CC1. The first-order valence-corrected chi connectivity index (χ1v) is 10.2. The zero-order valence-electron chi connectivity index (χ0n) is 14.7. The summed E-state index contributed by atoms with van der Waals surface area (Å²) in [6, 6.07) is 13.5. The van der Waals surface area contributed by atoms with Crippen LogP contribution in [0.4, 0.5) is 0 Å². The molecule has 0 unspecified atom stereocenters. The first-order chi connectivity index (χ1) is 13.1. The van der Waals surface area contributed by atoms with E-state index in [4.69, 9.17) is 9.47 Å². The molecule has 7 nitrogen and oxygen atoms in total. The highest BCUT2D eigenvalue weighted by atomic mass is 32.2. The van der Waals surface area contributed by atoms with Gasteiger partial charge in [-0.15, -0.1) is 0 Å². The van der Waals surface area contributed by atoms with Gasteiger partial charge in [0.2, 0.25) is 10.0 Å². The molecule has 0 N–H and O–H groups in total. The Labute approximate surface area is 158 Å². The predicted octanol–water partition coefficient (Wildman–Crippen LogP) is 1.60. The molecule has 2 aromatic rings. The Hall–Kier alpha value is -2.58. The molecule has 0 saturated carbocycles. The summed E-state index contributed by atoms with van der Waals surface area (Å²) in [5.41, 5.74) is 0.513. The van der Waals surface area contributed by atoms with Gasteiger partial charge >= 0.3 is 0 Å². The maximum absolute atomic E-state index is 12.8. The third-order valence-electron chi connectivity index (χ3n) is 4.70. The number of fused-ring (bicyclic) bond motifs is 1. The van der Waals surface area contributed by atoms with Crippen LogP contribution in [0.3, 0.4) is 0 Å². The second-order valence-electron chi connectivity index (χ2n) is 6.37. The molecule has 2 aliphatic rings. The van der Waals surface area contributed by atoms with Crippen molar-refractivity contribution in [3.8, 4) is 11.5 Å². The number of piperazine rings is 1. The standard InChI is InChI=1S/C19H20N2O5S/c22-19(15-6-7-17-18(14-15)26-13-12-25-17)20-8-10-21(11-9-20)27(23,24)16-4-2-1-3-5-16/h1-7,14H,8-13H2. The van der Waals surface area contributed by atoms with Crippen molar-refractivity contribution in [3.63, 3.8) is 0 Å². The van der Waals surface area contributed by atoms with Gasteiger partial charge in [0.05, 0.1) is 4.90 Å². The highest BCUT2D eigenvalue weighted by molar-refractivity contribution is 7.89. The van der Waals surface area contributed by atoms with E-state index in [9.17, 15) is 13.2 Å². The number of benzene rings is 2. The van der Waals surface area contributed by atoms with E-state index in [0.717, 1.165) is 0 Å². The van der Waals surface area contributed by atoms with Gasteiger partial charge in [0.15, 0.2) is 11.5 Å². The van der Waals surface area contributed by atoms with Crippen LogP contribution in [0.2, 0.25) is 0 Å². The minimum atomic E-state index is -3.53. The van der Waals surface area contributed by atoms with Crippen molar-refractivity contribution < 1.29 is 22.7 Å². The van der Waals surface area contributed by atoms with Crippen LogP contribution in [-0.2, 0) is 10.0 Å². The fraction of sp³-hybridized carbons (Fsp3) is 0.316. The zero-order valence-corrected chi connectivity index (χ0v) is 15.5. The molecule has 0 spiro atoms. The van der Waals surface area contributed by atoms with Gasteiger partial charge in [0.25, 0.3) is 5.91 Å². The Morgan fingerprint density at radius 2 is 1.52 bits per heavy atom. The molecule has 0 aliphatic carbocycles. The average molecular weight is 388 g/mol. The second-order valence-corrected chi connectivity index (χ2v) is 8.31. The van der Waals surface area contributed by atoms with Crippen molar-refractivity contribution in [2.45, 2.75) is 4.90 Å². The fourth-order valence-electron chi connectivity index (χ4n) is 3.23. The van der Waals surface area contributed by atoms with E-state index in [0.29, 0.717) is 43.4 Å². The van der Waals surface area contributed by atoms with Crippen LogP contribution < -0.4 is 9.47 Å². The van der Waals surface area contributed by atoms with Crippen LogP contribution in [0.5, 0.6) is 11.5 Å². The molecule has 2 aromatic carbocycles. The van der Waals surface area contributed by atoms with Gasteiger partial charge in [-0.1, -0.05) is 18.2 Å². The number of hydrogen-bond acceptors (Lipinski definition) is 5. The molecule has 142 valence electrons. The summed E-state index contributed by atoms with van der Waals surface area (Å²) in [6.45, 7) is 2.19. The Morgan fingerprint density at radius 3 is 2.22 bits per heavy atom. The molecular formula is C19H20N2O5S. The quantitative estimate of drug-likeness (QED) is 0.798. The Bertz CT molecular complexity index is 938. The summed E-state index contributed by atoms with van der Waals surface area (Å²) in [6.07, 6.45) is 0. The second kappa shape index (κ2) is 7.21. The molecule has 27 heavy (non-hydrogen) atoms. The van der Waals surface area contributed by atoms with Gasteiger partial charge in [0, 0.05) is 31.7 Å². The Balaban J connectivity index is 1.44. The fourth-order valence-corrected chi connectivity index (χ4v) is 4.68.